The van der Waals surface area contributed by atoms with Gasteiger partial charge in [0.25, 0.3) is 0 Å². The highest BCUT2D eigenvalue weighted by Gasteiger charge is 2.22. The van der Waals surface area contributed by atoms with Crippen LogP contribution in [0.15, 0.2) is 30.3 Å². The maximum absolute atomic E-state index is 12.7. The van der Waals surface area contributed by atoms with Gasteiger partial charge in [0.1, 0.15) is 0 Å². The fraction of sp³-hybridized carbons (Fsp3) is 0.579. The Balaban J connectivity index is 1.91. The average molecular weight is 363 g/mol. The summed E-state index contributed by atoms with van der Waals surface area (Å²) in [4.78, 5) is 28.4. The monoisotopic (exact) mass is 363 g/mol. The molecular weight excluding hydrogens is 334 g/mol. The summed E-state index contributed by atoms with van der Waals surface area (Å²) in [7, 11) is 1.37. The van der Waals surface area contributed by atoms with E-state index in [0.717, 1.165) is 45.0 Å². The number of para-hydroxylation sites is 1. The number of rotatable bonds is 8. The molecule has 0 aromatic heterocycles. The third kappa shape index (κ3) is 6.65. The lowest BCUT2D eigenvalue weighted by Crippen LogP contribution is -2.42. The van der Waals surface area contributed by atoms with Gasteiger partial charge in [0.05, 0.1) is 26.2 Å². The van der Waals surface area contributed by atoms with E-state index in [9.17, 15) is 9.59 Å². The van der Waals surface area contributed by atoms with Gasteiger partial charge in [-0.05, 0) is 18.6 Å². The van der Waals surface area contributed by atoms with Crippen molar-refractivity contribution in [3.05, 3.63) is 30.3 Å². The van der Waals surface area contributed by atoms with Gasteiger partial charge in [0, 0.05) is 38.4 Å². The van der Waals surface area contributed by atoms with Gasteiger partial charge in [-0.2, -0.15) is 0 Å². The van der Waals surface area contributed by atoms with E-state index in [1.807, 2.05) is 30.3 Å². The molecule has 1 saturated heterocycles. The molecule has 0 saturated carbocycles. The van der Waals surface area contributed by atoms with Crippen molar-refractivity contribution in [1.82, 2.24) is 9.80 Å². The number of nitrogens with zero attached hydrogens (tertiary/aromatic N) is 2. The number of amides is 2. The van der Waals surface area contributed by atoms with Crippen LogP contribution in [0.25, 0.3) is 0 Å². The predicted molar refractivity (Wildman–Crippen MR) is 100 cm³/mol. The second kappa shape index (κ2) is 10.8. The van der Waals surface area contributed by atoms with Crippen LogP contribution in [0.4, 0.5) is 10.5 Å². The van der Waals surface area contributed by atoms with Crippen molar-refractivity contribution < 1.29 is 19.1 Å². The quantitative estimate of drug-likeness (QED) is 0.716. The Labute approximate surface area is 155 Å². The Morgan fingerprint density at radius 2 is 1.96 bits per heavy atom. The van der Waals surface area contributed by atoms with Crippen molar-refractivity contribution in [2.75, 3.05) is 58.4 Å². The van der Waals surface area contributed by atoms with Crippen LogP contribution in [0, 0.1) is 5.92 Å². The lowest BCUT2D eigenvalue weighted by molar-refractivity contribution is -0.145. The van der Waals surface area contributed by atoms with Gasteiger partial charge in [-0.1, -0.05) is 25.1 Å². The van der Waals surface area contributed by atoms with Gasteiger partial charge in [-0.15, -0.1) is 0 Å². The Bertz CT molecular complexity index is 561. The van der Waals surface area contributed by atoms with Crippen molar-refractivity contribution in [3.8, 4) is 0 Å². The molecule has 2 rings (SSSR count). The second-order valence-corrected chi connectivity index (χ2v) is 6.47. The highest BCUT2D eigenvalue weighted by atomic mass is 16.5. The van der Waals surface area contributed by atoms with Crippen LogP contribution in [0.1, 0.15) is 13.3 Å². The smallest absolute Gasteiger partial charge is 0.321 e. The third-order valence-electron chi connectivity index (χ3n) is 4.42. The number of benzene rings is 1. The van der Waals surface area contributed by atoms with Gasteiger partial charge in [0.2, 0.25) is 0 Å². The molecule has 0 spiro atoms. The standard InChI is InChI=1S/C19H29N3O4/c1-16(18(23)25-2)15-22(10-6-9-21-11-13-26-14-12-21)19(24)20-17-7-4-3-5-8-17/h3-5,7-8,16H,6,9-15H2,1-2H3,(H,20,24). The molecule has 1 N–H and O–H groups in total. The fourth-order valence-electron chi connectivity index (χ4n) is 2.92. The minimum absolute atomic E-state index is 0.200. The average Bonchev–Trinajstić information content (AvgIpc) is 2.68. The van der Waals surface area contributed by atoms with Crippen LogP contribution in [0.3, 0.4) is 0 Å². The first kappa shape index (κ1) is 20.2. The number of nitrogens with one attached hydrogen (secondary N) is 1. The van der Waals surface area contributed by atoms with E-state index in [0.29, 0.717) is 13.1 Å². The topological polar surface area (TPSA) is 71.1 Å². The molecule has 0 aliphatic carbocycles. The molecule has 26 heavy (non-hydrogen) atoms. The number of carbonyl (C=O) groups is 2. The molecule has 2 amide bonds. The van der Waals surface area contributed by atoms with Gasteiger partial charge in [0.15, 0.2) is 0 Å². The lowest BCUT2D eigenvalue weighted by Gasteiger charge is -2.29. The zero-order valence-electron chi connectivity index (χ0n) is 15.6. The maximum Gasteiger partial charge on any atom is 0.321 e. The third-order valence-corrected chi connectivity index (χ3v) is 4.42. The molecule has 1 aromatic rings. The van der Waals surface area contributed by atoms with E-state index in [4.69, 9.17) is 9.47 Å². The number of methoxy groups -OCH3 is 1. The highest BCUT2D eigenvalue weighted by molar-refractivity contribution is 5.89. The summed E-state index contributed by atoms with van der Waals surface area (Å²) < 4.78 is 10.1. The largest absolute Gasteiger partial charge is 0.469 e. The van der Waals surface area contributed by atoms with Crippen LogP contribution in [-0.2, 0) is 14.3 Å². The Morgan fingerprint density at radius 3 is 2.62 bits per heavy atom. The first-order chi connectivity index (χ1) is 12.6. The normalized spacial score (nSPS) is 15.9. The van der Waals surface area contributed by atoms with E-state index in [1.165, 1.54) is 7.11 Å². The number of hydrogen-bond donors (Lipinski definition) is 1. The van der Waals surface area contributed by atoms with Crippen LogP contribution >= 0.6 is 0 Å². The Morgan fingerprint density at radius 1 is 1.27 bits per heavy atom. The molecule has 1 atom stereocenters. The van der Waals surface area contributed by atoms with Gasteiger partial charge < -0.3 is 19.7 Å². The van der Waals surface area contributed by atoms with Crippen molar-refractivity contribution in [2.45, 2.75) is 13.3 Å². The summed E-state index contributed by atoms with van der Waals surface area (Å²) in [5.41, 5.74) is 0.737. The maximum atomic E-state index is 12.7. The number of esters is 1. The van der Waals surface area contributed by atoms with E-state index >= 15 is 0 Å². The van der Waals surface area contributed by atoms with E-state index in [2.05, 4.69) is 10.2 Å². The molecule has 1 aromatic carbocycles. The molecule has 1 fully saturated rings. The summed E-state index contributed by atoms with van der Waals surface area (Å²) in [5, 5.41) is 2.89. The Hall–Kier alpha value is -2.12. The van der Waals surface area contributed by atoms with Crippen molar-refractivity contribution >= 4 is 17.7 Å². The molecule has 1 aliphatic rings. The minimum atomic E-state index is -0.370. The van der Waals surface area contributed by atoms with Crippen molar-refractivity contribution in [1.29, 1.82) is 0 Å². The zero-order chi connectivity index (χ0) is 18.8. The lowest BCUT2D eigenvalue weighted by atomic mass is 10.1. The number of morpholine rings is 1. The molecule has 1 unspecified atom stereocenters. The van der Waals surface area contributed by atoms with Gasteiger partial charge in [-0.25, -0.2) is 4.79 Å². The van der Waals surface area contributed by atoms with Crippen LogP contribution in [0.5, 0.6) is 0 Å². The second-order valence-electron chi connectivity index (χ2n) is 6.47. The predicted octanol–water partition coefficient (Wildman–Crippen LogP) is 2.05. The van der Waals surface area contributed by atoms with E-state index in [1.54, 1.807) is 11.8 Å². The van der Waals surface area contributed by atoms with E-state index < -0.39 is 0 Å². The minimum Gasteiger partial charge on any atom is -0.469 e. The summed E-state index contributed by atoms with van der Waals surface area (Å²) in [5.74, 6) is -0.680. The summed E-state index contributed by atoms with van der Waals surface area (Å²) in [6.07, 6.45) is 0.843. The SMILES string of the molecule is COC(=O)C(C)CN(CCCN1CCOCC1)C(=O)Nc1ccccc1. The number of urea groups is 1. The molecule has 7 nitrogen and oxygen atoms in total. The number of anilines is 1. The first-order valence-electron chi connectivity index (χ1n) is 9.09. The van der Waals surface area contributed by atoms with Crippen LogP contribution in [0.2, 0.25) is 0 Å². The summed E-state index contributed by atoms with van der Waals surface area (Å²) >= 11 is 0. The highest BCUT2D eigenvalue weighted by Crippen LogP contribution is 2.10. The van der Waals surface area contributed by atoms with Gasteiger partial charge >= 0.3 is 12.0 Å². The number of carbonyl (C=O) groups excluding carboxylic acids is 2. The molecule has 7 heteroatoms. The molecule has 0 bridgehead atoms. The molecule has 0 radical (unpaired) electrons. The first-order valence-corrected chi connectivity index (χ1v) is 9.09. The van der Waals surface area contributed by atoms with Gasteiger partial charge in [-0.3, -0.25) is 9.69 Å². The molecule has 1 aliphatic heterocycles. The molecule has 1 heterocycles. The number of hydrogen-bond acceptors (Lipinski definition) is 5. The van der Waals surface area contributed by atoms with Crippen LogP contribution < -0.4 is 5.32 Å². The van der Waals surface area contributed by atoms with Crippen molar-refractivity contribution in [2.24, 2.45) is 5.92 Å². The molecular formula is C19H29N3O4. The van der Waals surface area contributed by atoms with E-state index in [-0.39, 0.29) is 17.9 Å². The summed E-state index contributed by atoms with van der Waals surface area (Å²) in [6.45, 7) is 6.96. The number of ether oxygens (including phenoxy) is 2. The van der Waals surface area contributed by atoms with Crippen LogP contribution in [-0.4, -0.2) is 74.8 Å². The zero-order valence-corrected chi connectivity index (χ0v) is 15.6. The Kier molecular flexibility index (Phi) is 8.37. The van der Waals surface area contributed by atoms with Crippen molar-refractivity contribution in [3.63, 3.8) is 0 Å². The molecule has 144 valence electrons. The fourth-order valence-corrected chi connectivity index (χ4v) is 2.92. The summed E-state index contributed by atoms with van der Waals surface area (Å²) in [6, 6.07) is 9.12.